The average molecular weight is 552 g/mol. The van der Waals surface area contributed by atoms with E-state index in [0.717, 1.165) is 36.9 Å². The molecule has 9 nitrogen and oxygen atoms in total. The minimum atomic E-state index is -0.326. The van der Waals surface area contributed by atoms with Crippen molar-refractivity contribution < 1.29 is 19.1 Å². The van der Waals surface area contributed by atoms with Crippen molar-refractivity contribution in [2.45, 2.75) is 71.0 Å². The van der Waals surface area contributed by atoms with Crippen molar-refractivity contribution in [1.29, 1.82) is 0 Å². The zero-order valence-corrected chi connectivity index (χ0v) is 23.7. The Morgan fingerprint density at radius 1 is 1.08 bits per heavy atom. The fraction of sp³-hybridized carbons (Fsp3) is 0.483. The summed E-state index contributed by atoms with van der Waals surface area (Å²) in [6.45, 7) is 5.79. The lowest BCUT2D eigenvalue weighted by Crippen LogP contribution is -2.41. The molecule has 1 atom stereocenters. The maximum Gasteiger partial charge on any atom is 0.319 e. The molecule has 1 aromatic carbocycles. The first kappa shape index (κ1) is 27.1. The Balaban J connectivity index is 1.62. The molecule has 0 radical (unpaired) electrons. The highest BCUT2D eigenvalue weighted by Gasteiger charge is 2.47. The van der Waals surface area contributed by atoms with E-state index in [1.54, 1.807) is 13.1 Å². The minimum Gasteiger partial charge on any atom is -0.480 e. The van der Waals surface area contributed by atoms with Gasteiger partial charge in [0.2, 0.25) is 5.88 Å². The molecule has 2 aromatic heterocycles. The van der Waals surface area contributed by atoms with Gasteiger partial charge < -0.3 is 23.7 Å². The summed E-state index contributed by atoms with van der Waals surface area (Å²) in [4.78, 5) is 41.4. The van der Waals surface area contributed by atoms with Gasteiger partial charge in [0.05, 0.1) is 25.5 Å². The number of halogens is 1. The van der Waals surface area contributed by atoms with Crippen molar-refractivity contribution in [3.05, 3.63) is 52.4 Å². The molecule has 39 heavy (non-hydrogen) atoms. The standard InChI is InChI=1S/C29H34ClN5O4/c1-16(2)34-25-23(32-26(34)22-15-31-29(39-5)33-27(22)38-4)28(37)35(24(25)19-8-10-20(30)11-9-19)21-12-6-18(7-13-21)14-17(3)36/h8-11,15-16,18,21,24H,6-7,12-14H2,1-5H3. The van der Waals surface area contributed by atoms with Crippen LogP contribution in [0.15, 0.2) is 30.5 Å². The van der Waals surface area contributed by atoms with Crippen LogP contribution in [0.4, 0.5) is 0 Å². The molecule has 3 heterocycles. The zero-order chi connectivity index (χ0) is 27.8. The number of benzene rings is 1. The summed E-state index contributed by atoms with van der Waals surface area (Å²) in [5, 5.41) is 0.637. The third-order valence-corrected chi connectivity index (χ3v) is 8.01. The summed E-state index contributed by atoms with van der Waals surface area (Å²) < 4.78 is 12.8. The van der Waals surface area contributed by atoms with Crippen LogP contribution in [0.2, 0.25) is 5.02 Å². The number of fused-ring (bicyclic) bond motifs is 1. The van der Waals surface area contributed by atoms with Crippen LogP contribution in [-0.4, -0.2) is 56.4 Å². The van der Waals surface area contributed by atoms with Crippen molar-refractivity contribution in [2.24, 2.45) is 5.92 Å². The first-order valence-corrected chi connectivity index (χ1v) is 13.8. The molecule has 0 bridgehead atoms. The van der Waals surface area contributed by atoms with Crippen LogP contribution in [0, 0.1) is 5.92 Å². The Morgan fingerprint density at radius 3 is 2.36 bits per heavy atom. The summed E-state index contributed by atoms with van der Waals surface area (Å²) in [7, 11) is 3.03. The normalized spacial score (nSPS) is 20.8. The monoisotopic (exact) mass is 551 g/mol. The molecule has 1 unspecified atom stereocenters. The van der Waals surface area contributed by atoms with E-state index in [1.807, 2.05) is 29.2 Å². The number of hydrogen-bond acceptors (Lipinski definition) is 7. The fourth-order valence-corrected chi connectivity index (χ4v) is 6.21. The van der Waals surface area contributed by atoms with Gasteiger partial charge in [-0.25, -0.2) is 9.97 Å². The predicted molar refractivity (Wildman–Crippen MR) is 147 cm³/mol. The number of methoxy groups -OCH3 is 2. The van der Waals surface area contributed by atoms with Gasteiger partial charge in [0.15, 0.2) is 5.69 Å². The summed E-state index contributed by atoms with van der Waals surface area (Å²) in [5.41, 5.74) is 2.84. The Morgan fingerprint density at radius 2 is 1.77 bits per heavy atom. The molecule has 0 saturated heterocycles. The third kappa shape index (κ3) is 5.00. The molecule has 1 fully saturated rings. The minimum absolute atomic E-state index is 0.0167. The van der Waals surface area contributed by atoms with Crippen LogP contribution in [0.3, 0.4) is 0 Å². The van der Waals surface area contributed by atoms with Gasteiger partial charge in [-0.05, 0) is 70.1 Å². The third-order valence-electron chi connectivity index (χ3n) is 7.76. The molecule has 0 N–H and O–H groups in total. The topological polar surface area (TPSA) is 99.4 Å². The van der Waals surface area contributed by atoms with Crippen molar-refractivity contribution in [1.82, 2.24) is 24.4 Å². The molecule has 10 heteroatoms. The Kier molecular flexibility index (Phi) is 7.62. The molecule has 1 amide bonds. The molecule has 206 valence electrons. The lowest BCUT2D eigenvalue weighted by atomic mass is 9.82. The van der Waals surface area contributed by atoms with Crippen LogP contribution in [0.5, 0.6) is 11.9 Å². The smallest absolute Gasteiger partial charge is 0.319 e. The highest BCUT2D eigenvalue weighted by Crippen LogP contribution is 2.46. The Labute approximate surface area is 233 Å². The molecular formula is C29H34ClN5O4. The average Bonchev–Trinajstić information content (AvgIpc) is 3.44. The lowest BCUT2D eigenvalue weighted by molar-refractivity contribution is -0.118. The maximum absolute atomic E-state index is 14.2. The Bertz CT molecular complexity index is 1380. The van der Waals surface area contributed by atoms with E-state index in [0.29, 0.717) is 40.3 Å². The second-order valence-corrected chi connectivity index (χ2v) is 11.1. The van der Waals surface area contributed by atoms with E-state index < -0.39 is 0 Å². The molecule has 5 rings (SSSR count). The number of carbonyl (C=O) groups is 2. The van der Waals surface area contributed by atoms with E-state index in [-0.39, 0.29) is 35.8 Å². The van der Waals surface area contributed by atoms with Gasteiger partial charge in [-0.2, -0.15) is 4.98 Å². The number of Topliss-reactive ketones (excluding diaryl/α,β-unsaturated/α-hetero) is 1. The summed E-state index contributed by atoms with van der Waals surface area (Å²) in [5.74, 6) is 1.41. The van der Waals surface area contributed by atoms with Crippen LogP contribution < -0.4 is 9.47 Å². The van der Waals surface area contributed by atoms with Gasteiger partial charge in [0, 0.05) is 29.7 Å². The van der Waals surface area contributed by atoms with Gasteiger partial charge in [-0.3, -0.25) is 4.79 Å². The molecular weight excluding hydrogens is 518 g/mol. The first-order valence-electron chi connectivity index (χ1n) is 13.4. The highest BCUT2D eigenvalue weighted by atomic mass is 35.5. The van der Waals surface area contributed by atoms with Crippen LogP contribution >= 0.6 is 11.6 Å². The first-order chi connectivity index (χ1) is 18.7. The van der Waals surface area contributed by atoms with Crippen LogP contribution in [-0.2, 0) is 4.79 Å². The van der Waals surface area contributed by atoms with E-state index in [2.05, 4.69) is 28.4 Å². The summed E-state index contributed by atoms with van der Waals surface area (Å²) in [6.07, 6.45) is 5.79. The van der Waals surface area contributed by atoms with Gasteiger partial charge in [-0.1, -0.05) is 23.7 Å². The molecule has 3 aromatic rings. The number of nitrogens with zero attached hydrogens (tertiary/aromatic N) is 5. The van der Waals surface area contributed by atoms with Crippen molar-refractivity contribution in [3.8, 4) is 23.3 Å². The van der Waals surface area contributed by atoms with Gasteiger partial charge >= 0.3 is 6.01 Å². The fourth-order valence-electron chi connectivity index (χ4n) is 6.08. The van der Waals surface area contributed by atoms with E-state index in [4.69, 9.17) is 26.1 Å². The van der Waals surface area contributed by atoms with E-state index in [9.17, 15) is 9.59 Å². The van der Waals surface area contributed by atoms with Gasteiger partial charge in [0.25, 0.3) is 5.91 Å². The summed E-state index contributed by atoms with van der Waals surface area (Å²) >= 11 is 6.25. The molecule has 0 spiro atoms. The largest absolute Gasteiger partial charge is 0.480 e. The number of ketones is 1. The molecule has 2 aliphatic rings. The summed E-state index contributed by atoms with van der Waals surface area (Å²) in [6, 6.07) is 7.59. The SMILES string of the molecule is COc1ncc(-c2nc3c(n2C(C)C)C(c2ccc(Cl)cc2)N(C2CCC(CC(C)=O)CC2)C3=O)c(OC)n1. The van der Waals surface area contributed by atoms with Crippen LogP contribution in [0.25, 0.3) is 11.4 Å². The lowest BCUT2D eigenvalue weighted by Gasteiger charge is -2.38. The van der Waals surface area contributed by atoms with E-state index in [1.165, 1.54) is 14.2 Å². The zero-order valence-electron chi connectivity index (χ0n) is 23.0. The molecule has 1 aliphatic heterocycles. The van der Waals surface area contributed by atoms with Crippen molar-refractivity contribution >= 4 is 23.3 Å². The number of ether oxygens (including phenoxy) is 2. The number of hydrogen-bond donors (Lipinski definition) is 0. The second kappa shape index (κ2) is 11.0. The van der Waals surface area contributed by atoms with E-state index >= 15 is 0 Å². The Hall–Kier alpha value is -3.46. The number of imidazole rings is 1. The predicted octanol–water partition coefficient (Wildman–Crippen LogP) is 5.67. The highest BCUT2D eigenvalue weighted by molar-refractivity contribution is 6.30. The number of rotatable bonds is 8. The van der Waals surface area contributed by atoms with Crippen LogP contribution in [0.1, 0.15) is 86.7 Å². The quantitative estimate of drug-likeness (QED) is 0.355. The number of carbonyl (C=O) groups excluding carboxylic acids is 2. The maximum atomic E-state index is 14.2. The molecule has 1 aliphatic carbocycles. The van der Waals surface area contributed by atoms with Gasteiger partial charge in [-0.15, -0.1) is 0 Å². The number of amides is 1. The van der Waals surface area contributed by atoms with Gasteiger partial charge in [0.1, 0.15) is 17.6 Å². The molecule has 1 saturated carbocycles. The van der Waals surface area contributed by atoms with Crippen molar-refractivity contribution in [2.75, 3.05) is 14.2 Å². The second-order valence-electron chi connectivity index (χ2n) is 10.7. The van der Waals surface area contributed by atoms with Crippen molar-refractivity contribution in [3.63, 3.8) is 0 Å². The number of aromatic nitrogens is 4.